The molecule has 0 aliphatic rings. The summed E-state index contributed by atoms with van der Waals surface area (Å²) in [5.74, 6) is -1.63. The van der Waals surface area contributed by atoms with Gasteiger partial charge in [0.1, 0.15) is 11.6 Å². The van der Waals surface area contributed by atoms with E-state index < -0.39 is 52.9 Å². The van der Waals surface area contributed by atoms with Crippen LogP contribution in [-0.4, -0.2) is 26.8 Å². The summed E-state index contributed by atoms with van der Waals surface area (Å²) in [6, 6.07) is 16.9. The lowest BCUT2D eigenvalue weighted by molar-refractivity contribution is -0.138. The van der Waals surface area contributed by atoms with Gasteiger partial charge in [0.25, 0.3) is 5.56 Å². The van der Waals surface area contributed by atoms with Crippen molar-refractivity contribution in [2.45, 2.75) is 57.9 Å². The predicted molar refractivity (Wildman–Crippen MR) is 161 cm³/mol. The van der Waals surface area contributed by atoms with Gasteiger partial charge in [-0.1, -0.05) is 48.5 Å². The van der Waals surface area contributed by atoms with Crippen LogP contribution in [0.1, 0.15) is 54.1 Å². The average Bonchev–Trinajstić information content (AvgIpc) is 3.00. The first-order chi connectivity index (χ1) is 21.4. The van der Waals surface area contributed by atoms with Crippen LogP contribution < -0.4 is 21.7 Å². The number of rotatable bonds is 13. The fraction of sp³-hybridized carbons (Fsp3) is 0.303. The Hall–Kier alpha value is -4.71. The maximum atomic E-state index is 14.9. The van der Waals surface area contributed by atoms with E-state index in [1.165, 1.54) is 6.92 Å². The van der Waals surface area contributed by atoms with Crippen molar-refractivity contribution < 1.29 is 32.2 Å². The molecular weight excluding hydrogens is 594 g/mol. The molecule has 0 radical (unpaired) electrons. The molecule has 0 fully saturated rings. The van der Waals surface area contributed by atoms with E-state index >= 15 is 0 Å². The molecule has 4 rings (SSSR count). The first kappa shape index (κ1) is 33.2. The van der Waals surface area contributed by atoms with Gasteiger partial charge in [-0.2, -0.15) is 13.2 Å². The third-order valence-electron chi connectivity index (χ3n) is 7.46. The molecule has 1 atom stereocenters. The van der Waals surface area contributed by atoms with Crippen LogP contribution in [0.2, 0.25) is 0 Å². The SMILES string of the molecule is Cc1c(-c2cccc(OCCCCCC(=O)O)c2)c(=O)n(CC(N)c2ccccc2)c(=O)n1Cc1c(F)cccc1C(F)(F)F. The van der Waals surface area contributed by atoms with Crippen LogP contribution in [0.5, 0.6) is 5.75 Å². The lowest BCUT2D eigenvalue weighted by Crippen LogP contribution is -2.44. The molecular formula is C33H33F4N3O5. The van der Waals surface area contributed by atoms with Crippen molar-refractivity contribution >= 4 is 5.97 Å². The molecule has 238 valence electrons. The van der Waals surface area contributed by atoms with Crippen molar-refractivity contribution in [3.05, 3.63) is 122 Å². The molecule has 0 aliphatic heterocycles. The zero-order chi connectivity index (χ0) is 32.7. The van der Waals surface area contributed by atoms with E-state index in [9.17, 15) is 31.9 Å². The molecule has 12 heteroatoms. The standard InChI is InChI=1S/C33H33F4N3O5/c1-21-30(23-12-8-13-24(18-23)45-17-7-3-6-16-29(41)42)31(43)40(20-28(38)22-10-4-2-5-11-22)32(44)39(21)19-25-26(33(35,36)37)14-9-15-27(25)34/h2,4-5,8-15,18,28H,3,6-7,16-17,19-20,38H2,1H3,(H,41,42). The smallest absolute Gasteiger partial charge is 0.416 e. The molecule has 1 aromatic heterocycles. The minimum atomic E-state index is -4.89. The number of carboxylic acids is 1. The van der Waals surface area contributed by atoms with E-state index in [0.29, 0.717) is 36.1 Å². The van der Waals surface area contributed by atoms with Crippen molar-refractivity contribution in [1.82, 2.24) is 9.13 Å². The molecule has 0 amide bonds. The first-order valence-electron chi connectivity index (χ1n) is 14.3. The topological polar surface area (TPSA) is 117 Å². The largest absolute Gasteiger partial charge is 0.494 e. The number of nitrogens with two attached hydrogens (primary N) is 1. The number of benzene rings is 3. The number of carboxylic acid groups (broad SMARTS) is 1. The zero-order valence-corrected chi connectivity index (χ0v) is 24.5. The van der Waals surface area contributed by atoms with Gasteiger partial charge in [0, 0.05) is 23.7 Å². The van der Waals surface area contributed by atoms with Crippen LogP contribution in [0.3, 0.4) is 0 Å². The van der Waals surface area contributed by atoms with Crippen LogP contribution in [0.25, 0.3) is 11.1 Å². The monoisotopic (exact) mass is 627 g/mol. The van der Waals surface area contributed by atoms with Crippen LogP contribution in [0, 0.1) is 12.7 Å². The summed E-state index contributed by atoms with van der Waals surface area (Å²) in [5, 5.41) is 8.78. The van der Waals surface area contributed by atoms with Gasteiger partial charge in [-0.15, -0.1) is 0 Å². The molecule has 8 nitrogen and oxygen atoms in total. The number of halogens is 4. The molecule has 0 spiro atoms. The van der Waals surface area contributed by atoms with Gasteiger partial charge in [-0.05, 0) is 61.6 Å². The summed E-state index contributed by atoms with van der Waals surface area (Å²) in [7, 11) is 0. The predicted octanol–water partition coefficient (Wildman–Crippen LogP) is 5.92. The van der Waals surface area contributed by atoms with Crippen LogP contribution in [0.15, 0.2) is 82.4 Å². The Balaban J connectivity index is 1.79. The molecule has 3 N–H and O–H groups in total. The van der Waals surface area contributed by atoms with Gasteiger partial charge in [0.05, 0.1) is 30.8 Å². The van der Waals surface area contributed by atoms with Gasteiger partial charge in [-0.3, -0.25) is 18.7 Å². The third-order valence-corrected chi connectivity index (χ3v) is 7.46. The first-order valence-corrected chi connectivity index (χ1v) is 14.3. The van der Waals surface area contributed by atoms with Gasteiger partial charge < -0.3 is 15.6 Å². The van der Waals surface area contributed by atoms with Crippen molar-refractivity contribution in [2.75, 3.05) is 6.61 Å². The summed E-state index contributed by atoms with van der Waals surface area (Å²) >= 11 is 0. The normalized spacial score (nSPS) is 12.2. The van der Waals surface area contributed by atoms with E-state index in [1.807, 2.05) is 0 Å². The Kier molecular flexibility index (Phi) is 10.6. The van der Waals surface area contributed by atoms with Crippen LogP contribution in [-0.2, 0) is 24.1 Å². The summed E-state index contributed by atoms with van der Waals surface area (Å²) in [5.41, 5.74) is 3.77. The van der Waals surface area contributed by atoms with E-state index in [0.717, 1.165) is 27.3 Å². The van der Waals surface area contributed by atoms with Gasteiger partial charge in [0.2, 0.25) is 0 Å². The molecule has 0 saturated heterocycles. The van der Waals surface area contributed by atoms with E-state index in [-0.39, 0.29) is 30.8 Å². The molecule has 45 heavy (non-hydrogen) atoms. The lowest BCUT2D eigenvalue weighted by atomic mass is 10.0. The van der Waals surface area contributed by atoms with Gasteiger partial charge in [0.15, 0.2) is 0 Å². The molecule has 1 unspecified atom stereocenters. The maximum absolute atomic E-state index is 14.9. The van der Waals surface area contributed by atoms with Crippen LogP contribution >= 0.6 is 0 Å². The fourth-order valence-corrected chi connectivity index (χ4v) is 5.11. The highest BCUT2D eigenvalue weighted by Crippen LogP contribution is 2.34. The lowest BCUT2D eigenvalue weighted by Gasteiger charge is -2.21. The fourth-order valence-electron chi connectivity index (χ4n) is 5.11. The Labute approximate surface area is 256 Å². The third kappa shape index (κ3) is 8.07. The maximum Gasteiger partial charge on any atom is 0.416 e. The second kappa shape index (κ2) is 14.4. The number of ether oxygens (including phenoxy) is 1. The Bertz CT molecular complexity index is 1770. The van der Waals surface area contributed by atoms with E-state index in [1.54, 1.807) is 54.6 Å². The number of unbranched alkanes of at least 4 members (excludes halogenated alkanes) is 2. The van der Waals surface area contributed by atoms with Gasteiger partial charge in [-0.25, -0.2) is 9.18 Å². The summed E-state index contributed by atoms with van der Waals surface area (Å²) in [6.45, 7) is 0.631. The molecule has 0 aliphatic carbocycles. The van der Waals surface area contributed by atoms with E-state index in [2.05, 4.69) is 0 Å². The van der Waals surface area contributed by atoms with Crippen molar-refractivity contribution in [3.8, 4) is 16.9 Å². The molecule has 0 bridgehead atoms. The molecule has 4 aromatic rings. The number of carbonyl (C=O) groups is 1. The summed E-state index contributed by atoms with van der Waals surface area (Å²) in [4.78, 5) is 38.4. The Morgan fingerprint density at radius 2 is 1.67 bits per heavy atom. The van der Waals surface area contributed by atoms with Crippen LogP contribution in [0.4, 0.5) is 17.6 Å². The number of aliphatic carboxylic acids is 1. The van der Waals surface area contributed by atoms with Crippen molar-refractivity contribution in [1.29, 1.82) is 0 Å². The van der Waals surface area contributed by atoms with E-state index in [4.69, 9.17) is 15.6 Å². The molecule has 1 heterocycles. The second-order valence-electron chi connectivity index (χ2n) is 10.6. The minimum absolute atomic E-state index is 0.0201. The Morgan fingerprint density at radius 1 is 0.956 bits per heavy atom. The summed E-state index contributed by atoms with van der Waals surface area (Å²) < 4.78 is 64.1. The minimum Gasteiger partial charge on any atom is -0.494 e. The quantitative estimate of drug-likeness (QED) is 0.141. The average molecular weight is 628 g/mol. The Morgan fingerprint density at radius 3 is 2.36 bits per heavy atom. The molecule has 3 aromatic carbocycles. The summed E-state index contributed by atoms with van der Waals surface area (Å²) in [6.07, 6.45) is -3.10. The zero-order valence-electron chi connectivity index (χ0n) is 24.5. The van der Waals surface area contributed by atoms with Gasteiger partial charge >= 0.3 is 17.8 Å². The number of hydrogen-bond donors (Lipinski definition) is 2. The second-order valence-corrected chi connectivity index (χ2v) is 10.6. The highest BCUT2D eigenvalue weighted by Gasteiger charge is 2.35. The number of alkyl halides is 3. The number of nitrogens with zero attached hydrogens (tertiary/aromatic N) is 2. The highest BCUT2D eigenvalue weighted by molar-refractivity contribution is 5.67. The number of aromatic nitrogens is 2. The molecule has 0 saturated carbocycles. The van der Waals surface area contributed by atoms with Crippen molar-refractivity contribution in [2.24, 2.45) is 5.73 Å². The van der Waals surface area contributed by atoms with Crippen molar-refractivity contribution in [3.63, 3.8) is 0 Å². The number of hydrogen-bond acceptors (Lipinski definition) is 5. The highest BCUT2D eigenvalue weighted by atomic mass is 19.4.